The standard InChI is InChI=1S/C16H14Cl2N2OS/c17-11-5-6-13(12(18)9-11)19-16(21)10-20-7-8-22-15-4-2-1-3-14(15)20/h1-6,9H,7-8,10H2,(H,19,21). The van der Waals surface area contributed by atoms with Gasteiger partial charge in [0.05, 0.1) is 22.9 Å². The van der Waals surface area contributed by atoms with Crippen LogP contribution in [0.2, 0.25) is 10.0 Å². The van der Waals surface area contributed by atoms with E-state index in [4.69, 9.17) is 23.2 Å². The summed E-state index contributed by atoms with van der Waals surface area (Å²) in [5, 5.41) is 3.82. The fourth-order valence-electron chi connectivity index (χ4n) is 2.34. The third kappa shape index (κ3) is 3.51. The second-order valence-electron chi connectivity index (χ2n) is 4.91. The van der Waals surface area contributed by atoms with Crippen LogP contribution in [0.5, 0.6) is 0 Å². The molecule has 0 spiro atoms. The minimum atomic E-state index is -0.0917. The first kappa shape index (κ1) is 15.5. The maximum Gasteiger partial charge on any atom is 0.243 e. The highest BCUT2D eigenvalue weighted by molar-refractivity contribution is 7.99. The Balaban J connectivity index is 1.70. The molecule has 0 saturated carbocycles. The predicted molar refractivity (Wildman–Crippen MR) is 94.5 cm³/mol. The van der Waals surface area contributed by atoms with E-state index in [0.29, 0.717) is 22.3 Å². The molecule has 1 heterocycles. The van der Waals surface area contributed by atoms with Gasteiger partial charge in [0.2, 0.25) is 5.91 Å². The third-order valence-corrected chi connectivity index (χ3v) is 4.96. The summed E-state index contributed by atoms with van der Waals surface area (Å²) in [5.74, 6) is 0.886. The summed E-state index contributed by atoms with van der Waals surface area (Å²) in [6.07, 6.45) is 0. The SMILES string of the molecule is O=C(CN1CCSc2ccccc21)Nc1ccc(Cl)cc1Cl. The number of carbonyl (C=O) groups is 1. The summed E-state index contributed by atoms with van der Waals surface area (Å²) in [6, 6.07) is 13.2. The van der Waals surface area contributed by atoms with Crippen molar-refractivity contribution in [3.05, 3.63) is 52.5 Å². The summed E-state index contributed by atoms with van der Waals surface area (Å²) >= 11 is 13.8. The van der Waals surface area contributed by atoms with Gasteiger partial charge in [-0.3, -0.25) is 4.79 Å². The lowest BCUT2D eigenvalue weighted by Crippen LogP contribution is -2.36. The first-order valence-electron chi connectivity index (χ1n) is 6.85. The van der Waals surface area contributed by atoms with Gasteiger partial charge < -0.3 is 10.2 Å². The lowest BCUT2D eigenvalue weighted by atomic mass is 10.2. The molecular formula is C16H14Cl2N2OS. The summed E-state index contributed by atoms with van der Waals surface area (Å²) in [4.78, 5) is 15.6. The summed E-state index contributed by atoms with van der Waals surface area (Å²) in [7, 11) is 0. The summed E-state index contributed by atoms with van der Waals surface area (Å²) < 4.78 is 0. The van der Waals surface area contributed by atoms with Crippen LogP contribution >= 0.6 is 35.0 Å². The van der Waals surface area contributed by atoms with Crippen LogP contribution < -0.4 is 10.2 Å². The molecule has 114 valence electrons. The van der Waals surface area contributed by atoms with Gasteiger partial charge in [0, 0.05) is 22.2 Å². The highest BCUT2D eigenvalue weighted by Gasteiger charge is 2.19. The lowest BCUT2D eigenvalue weighted by molar-refractivity contribution is -0.115. The van der Waals surface area contributed by atoms with Crippen molar-refractivity contribution in [1.29, 1.82) is 0 Å². The van der Waals surface area contributed by atoms with Crippen molar-refractivity contribution >= 4 is 52.2 Å². The number of nitrogens with zero attached hydrogens (tertiary/aromatic N) is 1. The molecule has 0 radical (unpaired) electrons. The van der Waals surface area contributed by atoms with Crippen LogP contribution in [-0.2, 0) is 4.79 Å². The van der Waals surface area contributed by atoms with Crippen molar-refractivity contribution in [2.24, 2.45) is 0 Å². The van der Waals surface area contributed by atoms with Gasteiger partial charge in [0.25, 0.3) is 0 Å². The molecule has 6 heteroatoms. The summed E-state index contributed by atoms with van der Waals surface area (Å²) in [5.41, 5.74) is 1.69. The first-order valence-corrected chi connectivity index (χ1v) is 8.59. The monoisotopic (exact) mass is 352 g/mol. The van der Waals surface area contributed by atoms with E-state index in [1.54, 1.807) is 18.2 Å². The molecule has 0 atom stereocenters. The van der Waals surface area contributed by atoms with Gasteiger partial charge in [-0.15, -0.1) is 11.8 Å². The Hall–Kier alpha value is -1.36. The van der Waals surface area contributed by atoms with Crippen LogP contribution in [0.4, 0.5) is 11.4 Å². The maximum atomic E-state index is 12.3. The van der Waals surface area contributed by atoms with Gasteiger partial charge >= 0.3 is 0 Å². The quantitative estimate of drug-likeness (QED) is 0.879. The number of fused-ring (bicyclic) bond motifs is 1. The van der Waals surface area contributed by atoms with Crippen molar-refractivity contribution in [3.63, 3.8) is 0 Å². The number of rotatable bonds is 3. The fraction of sp³-hybridized carbons (Fsp3) is 0.188. The highest BCUT2D eigenvalue weighted by atomic mass is 35.5. The van der Waals surface area contributed by atoms with Crippen molar-refractivity contribution in [2.75, 3.05) is 29.1 Å². The molecule has 0 aromatic heterocycles. The molecule has 22 heavy (non-hydrogen) atoms. The molecule has 0 fully saturated rings. The number of thioether (sulfide) groups is 1. The number of carbonyl (C=O) groups excluding carboxylic acids is 1. The van der Waals surface area contributed by atoms with Crippen molar-refractivity contribution in [3.8, 4) is 0 Å². The second-order valence-corrected chi connectivity index (χ2v) is 6.89. The van der Waals surface area contributed by atoms with E-state index in [0.717, 1.165) is 18.0 Å². The fourth-order valence-corrected chi connectivity index (χ4v) is 3.85. The van der Waals surface area contributed by atoms with Crippen LogP contribution in [0.15, 0.2) is 47.4 Å². The number of amides is 1. The van der Waals surface area contributed by atoms with Gasteiger partial charge in [0.1, 0.15) is 0 Å². The molecule has 1 amide bonds. The van der Waals surface area contributed by atoms with E-state index in [2.05, 4.69) is 16.3 Å². The number of hydrogen-bond acceptors (Lipinski definition) is 3. The zero-order chi connectivity index (χ0) is 15.5. The normalized spacial score (nSPS) is 13.6. The van der Waals surface area contributed by atoms with Gasteiger partial charge in [-0.1, -0.05) is 35.3 Å². The molecule has 0 bridgehead atoms. The average molecular weight is 353 g/mol. The Morgan fingerprint density at radius 2 is 2.05 bits per heavy atom. The molecular weight excluding hydrogens is 339 g/mol. The number of nitrogens with one attached hydrogen (secondary N) is 1. The highest BCUT2D eigenvalue weighted by Crippen LogP contribution is 2.34. The Kier molecular flexibility index (Phi) is 4.81. The molecule has 3 rings (SSSR count). The van der Waals surface area contributed by atoms with E-state index in [-0.39, 0.29) is 5.91 Å². The van der Waals surface area contributed by atoms with Gasteiger partial charge in [-0.05, 0) is 30.3 Å². The van der Waals surface area contributed by atoms with Gasteiger partial charge in [-0.2, -0.15) is 0 Å². The molecule has 2 aromatic rings. The van der Waals surface area contributed by atoms with Crippen LogP contribution in [0, 0.1) is 0 Å². The zero-order valence-corrected chi connectivity index (χ0v) is 14.0. The topological polar surface area (TPSA) is 32.3 Å². The minimum absolute atomic E-state index is 0.0917. The Morgan fingerprint density at radius 3 is 2.86 bits per heavy atom. The smallest absolute Gasteiger partial charge is 0.243 e. The van der Waals surface area contributed by atoms with E-state index in [9.17, 15) is 4.79 Å². The molecule has 0 aliphatic carbocycles. The largest absolute Gasteiger partial charge is 0.360 e. The molecule has 0 saturated heterocycles. The number of para-hydroxylation sites is 1. The maximum absolute atomic E-state index is 12.3. The molecule has 3 nitrogen and oxygen atoms in total. The number of anilines is 2. The minimum Gasteiger partial charge on any atom is -0.360 e. The van der Waals surface area contributed by atoms with E-state index >= 15 is 0 Å². The molecule has 1 aliphatic heterocycles. The van der Waals surface area contributed by atoms with Crippen LogP contribution in [-0.4, -0.2) is 24.7 Å². The Labute approximate surface area is 143 Å². The molecule has 2 aromatic carbocycles. The molecule has 1 N–H and O–H groups in total. The predicted octanol–water partition coefficient (Wildman–Crippen LogP) is 4.54. The van der Waals surface area contributed by atoms with E-state index in [1.807, 2.05) is 30.0 Å². The molecule has 1 aliphatic rings. The average Bonchev–Trinajstić information content (AvgIpc) is 2.50. The van der Waals surface area contributed by atoms with Gasteiger partial charge in [-0.25, -0.2) is 0 Å². The van der Waals surface area contributed by atoms with Gasteiger partial charge in [0.15, 0.2) is 0 Å². The molecule has 0 unspecified atom stereocenters. The van der Waals surface area contributed by atoms with Crippen molar-refractivity contribution < 1.29 is 4.79 Å². The Morgan fingerprint density at radius 1 is 1.23 bits per heavy atom. The number of benzene rings is 2. The summed E-state index contributed by atoms with van der Waals surface area (Å²) in [6.45, 7) is 1.15. The first-order chi connectivity index (χ1) is 10.6. The third-order valence-electron chi connectivity index (χ3n) is 3.36. The van der Waals surface area contributed by atoms with E-state index in [1.165, 1.54) is 4.90 Å². The van der Waals surface area contributed by atoms with E-state index < -0.39 is 0 Å². The zero-order valence-electron chi connectivity index (χ0n) is 11.7. The van der Waals surface area contributed by atoms with Crippen LogP contribution in [0.25, 0.3) is 0 Å². The lowest BCUT2D eigenvalue weighted by Gasteiger charge is -2.30. The Bertz CT molecular complexity index is 708. The van der Waals surface area contributed by atoms with Crippen LogP contribution in [0.3, 0.4) is 0 Å². The second kappa shape index (κ2) is 6.82. The van der Waals surface area contributed by atoms with Crippen LogP contribution in [0.1, 0.15) is 0 Å². The van der Waals surface area contributed by atoms with Crippen molar-refractivity contribution in [2.45, 2.75) is 4.90 Å². The van der Waals surface area contributed by atoms with Crippen molar-refractivity contribution in [1.82, 2.24) is 0 Å². The number of halogens is 2. The number of hydrogen-bond donors (Lipinski definition) is 1.